The highest BCUT2D eigenvalue weighted by Crippen LogP contribution is 2.37. The molecule has 0 bridgehead atoms. The van der Waals surface area contributed by atoms with Crippen molar-refractivity contribution >= 4 is 6.08 Å². The van der Waals surface area contributed by atoms with Gasteiger partial charge in [0.25, 0.3) is 0 Å². The lowest BCUT2D eigenvalue weighted by Gasteiger charge is -1.94. The fourth-order valence-electron chi connectivity index (χ4n) is 1.42. The quantitative estimate of drug-likeness (QED) is 0.338. The SMILES string of the molecule is CCCCCC1CC1N=C=O. The maximum Gasteiger partial charge on any atom is 0.235 e. The van der Waals surface area contributed by atoms with Crippen LogP contribution >= 0.6 is 0 Å². The van der Waals surface area contributed by atoms with Gasteiger partial charge in [-0.3, -0.25) is 0 Å². The summed E-state index contributed by atoms with van der Waals surface area (Å²) in [5, 5.41) is 0. The Labute approximate surface area is 67.7 Å². The van der Waals surface area contributed by atoms with E-state index >= 15 is 0 Å². The Morgan fingerprint density at radius 1 is 1.55 bits per heavy atom. The maximum atomic E-state index is 9.84. The molecule has 1 aliphatic carbocycles. The first-order valence-electron chi connectivity index (χ1n) is 4.45. The smallest absolute Gasteiger partial charge is 0.211 e. The zero-order valence-corrected chi connectivity index (χ0v) is 7.05. The number of unbranched alkanes of at least 4 members (excludes halogenated alkanes) is 2. The van der Waals surface area contributed by atoms with Gasteiger partial charge in [0.2, 0.25) is 6.08 Å². The summed E-state index contributed by atoms with van der Waals surface area (Å²) in [5.74, 6) is 0.711. The Morgan fingerprint density at radius 2 is 2.36 bits per heavy atom. The Hall–Kier alpha value is -0.620. The van der Waals surface area contributed by atoms with Crippen LogP contribution in [0.5, 0.6) is 0 Å². The van der Waals surface area contributed by atoms with E-state index in [1.165, 1.54) is 25.7 Å². The molecule has 2 heteroatoms. The van der Waals surface area contributed by atoms with Crippen LogP contribution in [-0.4, -0.2) is 12.1 Å². The molecule has 0 aromatic carbocycles. The van der Waals surface area contributed by atoms with Crippen molar-refractivity contribution in [2.45, 2.75) is 45.1 Å². The zero-order valence-electron chi connectivity index (χ0n) is 7.05. The van der Waals surface area contributed by atoms with Crippen molar-refractivity contribution in [3.05, 3.63) is 0 Å². The highest BCUT2D eigenvalue weighted by Gasteiger charge is 2.35. The molecule has 1 aliphatic rings. The molecule has 1 fully saturated rings. The molecule has 2 unspecified atom stereocenters. The maximum absolute atomic E-state index is 9.84. The summed E-state index contributed by atoms with van der Waals surface area (Å²) in [5.41, 5.74) is 0. The molecular formula is C9H15NO. The van der Waals surface area contributed by atoms with E-state index in [-0.39, 0.29) is 0 Å². The molecule has 1 saturated carbocycles. The van der Waals surface area contributed by atoms with Gasteiger partial charge in [0.05, 0.1) is 6.04 Å². The monoisotopic (exact) mass is 153 g/mol. The molecule has 62 valence electrons. The molecule has 0 radical (unpaired) electrons. The van der Waals surface area contributed by atoms with Gasteiger partial charge in [-0.25, -0.2) is 9.79 Å². The molecule has 0 saturated heterocycles. The lowest BCUT2D eigenvalue weighted by molar-refractivity contribution is 0.559. The fraction of sp³-hybridized carbons (Fsp3) is 0.889. The van der Waals surface area contributed by atoms with Crippen molar-refractivity contribution < 1.29 is 4.79 Å². The predicted octanol–water partition coefficient (Wildman–Crippen LogP) is 2.29. The second kappa shape index (κ2) is 4.30. The van der Waals surface area contributed by atoms with Crippen LogP contribution in [0.3, 0.4) is 0 Å². The molecule has 0 amide bonds. The van der Waals surface area contributed by atoms with Crippen LogP contribution < -0.4 is 0 Å². The lowest BCUT2D eigenvalue weighted by atomic mass is 10.1. The predicted molar refractivity (Wildman–Crippen MR) is 44.2 cm³/mol. The first kappa shape index (κ1) is 8.48. The average molecular weight is 153 g/mol. The molecule has 1 rings (SSSR count). The third-order valence-electron chi connectivity index (χ3n) is 2.28. The first-order valence-corrected chi connectivity index (χ1v) is 4.45. The fourth-order valence-corrected chi connectivity index (χ4v) is 1.42. The summed E-state index contributed by atoms with van der Waals surface area (Å²) in [6.45, 7) is 2.20. The van der Waals surface area contributed by atoms with E-state index in [0.717, 1.165) is 6.42 Å². The Bertz CT molecular complexity index is 161. The summed E-state index contributed by atoms with van der Waals surface area (Å²) in [6.07, 6.45) is 7.89. The van der Waals surface area contributed by atoms with Crippen molar-refractivity contribution in [2.75, 3.05) is 0 Å². The van der Waals surface area contributed by atoms with E-state index in [1.54, 1.807) is 6.08 Å². The van der Waals surface area contributed by atoms with Crippen LogP contribution in [-0.2, 0) is 4.79 Å². The second-order valence-electron chi connectivity index (χ2n) is 3.28. The van der Waals surface area contributed by atoms with Gasteiger partial charge in [0.1, 0.15) is 0 Å². The molecule has 11 heavy (non-hydrogen) atoms. The number of carbonyl (C=O) groups excluding carboxylic acids is 1. The minimum absolute atomic E-state index is 0.337. The average Bonchev–Trinajstić information content (AvgIpc) is 2.70. The van der Waals surface area contributed by atoms with Crippen LogP contribution in [0.15, 0.2) is 4.99 Å². The molecule has 0 spiro atoms. The zero-order chi connectivity index (χ0) is 8.10. The number of aliphatic imine (C=N–C) groups is 1. The summed E-state index contributed by atoms with van der Waals surface area (Å²) < 4.78 is 0. The largest absolute Gasteiger partial charge is 0.235 e. The van der Waals surface area contributed by atoms with Crippen LogP contribution in [0.2, 0.25) is 0 Å². The van der Waals surface area contributed by atoms with E-state index in [1.807, 2.05) is 0 Å². The Kier molecular flexibility index (Phi) is 3.31. The van der Waals surface area contributed by atoms with Crippen molar-refractivity contribution in [3.63, 3.8) is 0 Å². The molecular weight excluding hydrogens is 138 g/mol. The standard InChI is InChI=1S/C9H15NO/c1-2-3-4-5-8-6-9(8)10-7-11/h8-9H,2-6H2,1H3. The van der Waals surface area contributed by atoms with Gasteiger partial charge in [0, 0.05) is 0 Å². The van der Waals surface area contributed by atoms with Crippen LogP contribution in [0, 0.1) is 5.92 Å². The summed E-state index contributed by atoms with van der Waals surface area (Å²) in [4.78, 5) is 13.5. The summed E-state index contributed by atoms with van der Waals surface area (Å²) >= 11 is 0. The highest BCUT2D eigenvalue weighted by molar-refractivity contribution is 5.34. The number of hydrogen-bond acceptors (Lipinski definition) is 2. The highest BCUT2D eigenvalue weighted by atomic mass is 16.1. The van der Waals surface area contributed by atoms with Gasteiger partial charge in [-0.1, -0.05) is 26.2 Å². The third kappa shape index (κ3) is 2.85. The van der Waals surface area contributed by atoms with E-state index in [0.29, 0.717) is 12.0 Å². The van der Waals surface area contributed by atoms with E-state index in [4.69, 9.17) is 0 Å². The molecule has 2 atom stereocenters. The topological polar surface area (TPSA) is 29.4 Å². The third-order valence-corrected chi connectivity index (χ3v) is 2.28. The van der Waals surface area contributed by atoms with Gasteiger partial charge >= 0.3 is 0 Å². The number of isocyanates is 1. The van der Waals surface area contributed by atoms with Crippen LogP contribution in [0.1, 0.15) is 39.0 Å². The molecule has 0 aromatic heterocycles. The molecule has 2 nitrogen and oxygen atoms in total. The van der Waals surface area contributed by atoms with Crippen LogP contribution in [0.4, 0.5) is 0 Å². The van der Waals surface area contributed by atoms with Gasteiger partial charge in [0.15, 0.2) is 0 Å². The van der Waals surface area contributed by atoms with Crippen molar-refractivity contribution in [1.82, 2.24) is 0 Å². The number of rotatable bonds is 5. The van der Waals surface area contributed by atoms with E-state index < -0.39 is 0 Å². The van der Waals surface area contributed by atoms with E-state index in [2.05, 4.69) is 11.9 Å². The van der Waals surface area contributed by atoms with Gasteiger partial charge in [-0.15, -0.1) is 0 Å². The molecule has 0 N–H and O–H groups in total. The number of hydrogen-bond donors (Lipinski definition) is 0. The Balaban J connectivity index is 2.00. The minimum Gasteiger partial charge on any atom is -0.211 e. The molecule has 0 aromatic rings. The van der Waals surface area contributed by atoms with E-state index in [9.17, 15) is 4.79 Å². The van der Waals surface area contributed by atoms with Gasteiger partial charge in [-0.2, -0.15) is 0 Å². The summed E-state index contributed by atoms with van der Waals surface area (Å²) in [6, 6.07) is 0.337. The van der Waals surface area contributed by atoms with Crippen molar-refractivity contribution in [1.29, 1.82) is 0 Å². The van der Waals surface area contributed by atoms with Gasteiger partial charge < -0.3 is 0 Å². The molecule has 0 heterocycles. The van der Waals surface area contributed by atoms with Crippen molar-refractivity contribution in [2.24, 2.45) is 10.9 Å². The Morgan fingerprint density at radius 3 is 3.00 bits per heavy atom. The minimum atomic E-state index is 0.337. The lowest BCUT2D eigenvalue weighted by Crippen LogP contribution is -1.84. The van der Waals surface area contributed by atoms with Crippen LogP contribution in [0.25, 0.3) is 0 Å². The molecule has 0 aliphatic heterocycles. The van der Waals surface area contributed by atoms with Crippen molar-refractivity contribution in [3.8, 4) is 0 Å². The first-order chi connectivity index (χ1) is 5.38. The normalized spacial score (nSPS) is 27.7. The van der Waals surface area contributed by atoms with Gasteiger partial charge in [-0.05, 0) is 18.8 Å². The second-order valence-corrected chi connectivity index (χ2v) is 3.28. The number of nitrogens with zero attached hydrogens (tertiary/aromatic N) is 1. The summed E-state index contributed by atoms with van der Waals surface area (Å²) in [7, 11) is 0.